The Morgan fingerprint density at radius 3 is 1.40 bits per heavy atom. The number of ether oxygens (including phenoxy) is 2. The summed E-state index contributed by atoms with van der Waals surface area (Å²) in [6.45, 7) is 6.73. The van der Waals surface area contributed by atoms with Gasteiger partial charge < -0.3 is 100 Å². The Balaban J connectivity index is 0.000000655. The van der Waals surface area contributed by atoms with Gasteiger partial charge in [-0.3, -0.25) is 112 Å². The molecule has 0 bridgehead atoms. The lowest BCUT2D eigenvalue weighted by Crippen LogP contribution is -2.59. The van der Waals surface area contributed by atoms with Crippen molar-refractivity contribution in [2.75, 3.05) is 58.4 Å². The van der Waals surface area contributed by atoms with Gasteiger partial charge in [-0.25, -0.2) is 0 Å². The number of unbranched alkanes of at least 4 members (excludes halogenated alkanes) is 1. The molecule has 9 atom stereocenters. The van der Waals surface area contributed by atoms with Crippen LogP contribution in [0.25, 0.3) is 0 Å². The van der Waals surface area contributed by atoms with E-state index in [1.54, 1.807) is 82.3 Å². The third-order valence-corrected chi connectivity index (χ3v) is 20.5. The predicted molar refractivity (Wildman–Crippen MR) is 475 cm³/mol. The van der Waals surface area contributed by atoms with E-state index in [2.05, 4.69) is 89.6 Å². The van der Waals surface area contributed by atoms with Crippen molar-refractivity contribution in [2.24, 2.45) is 38.4 Å². The van der Waals surface area contributed by atoms with Crippen molar-refractivity contribution in [3.8, 4) is 11.5 Å². The fraction of sp³-hybridized carbons (Fsp3) is 0.476. The Hall–Kier alpha value is -14.6. The number of hydrazone groups is 1. The van der Waals surface area contributed by atoms with Crippen molar-refractivity contribution in [1.82, 2.24) is 79.8 Å². The molecule has 2 heterocycles. The minimum Gasteiger partial charge on any atom is -0.497 e. The van der Waals surface area contributed by atoms with Gasteiger partial charge in [-0.2, -0.15) is 39.9 Å². The fourth-order valence-corrected chi connectivity index (χ4v) is 13.1. The summed E-state index contributed by atoms with van der Waals surface area (Å²) in [4.78, 5) is 226. The molecule has 4 aromatic rings. The molecule has 2 saturated heterocycles. The first-order valence-corrected chi connectivity index (χ1v) is 43.4. The van der Waals surface area contributed by atoms with Crippen LogP contribution in [0.2, 0.25) is 0 Å². The largest absolute Gasteiger partial charge is 0.497 e. The van der Waals surface area contributed by atoms with E-state index in [0.29, 0.717) is 47.7 Å². The number of alkyl halides is 6. The number of aliphatic carboxylic acids is 2. The van der Waals surface area contributed by atoms with Crippen LogP contribution in [0.15, 0.2) is 117 Å². The van der Waals surface area contributed by atoms with Gasteiger partial charge in [0.05, 0.1) is 51.5 Å². The summed E-state index contributed by atoms with van der Waals surface area (Å²) >= 11 is 0. The molecule has 23 N–H and O–H groups in total. The summed E-state index contributed by atoms with van der Waals surface area (Å²) in [5.74, 6) is -20.6. The maximum Gasteiger partial charge on any atom is 0.471 e. The third-order valence-electron chi connectivity index (χ3n) is 19.5. The number of hydrogen-bond acceptors (Lipinski definition) is 25. The maximum atomic E-state index is 14.0. The molecule has 52 heteroatoms. The number of carbonyl (C=O) groups is 17. The number of hydrogen-bond donors (Lipinski definition) is 21. The van der Waals surface area contributed by atoms with Gasteiger partial charge >= 0.3 is 36.1 Å². The highest BCUT2D eigenvalue weighted by Crippen LogP contribution is 2.21. The summed E-state index contributed by atoms with van der Waals surface area (Å²) in [5.41, 5.74) is 15.1. The minimum absolute atomic E-state index is 0. The van der Waals surface area contributed by atoms with Crippen LogP contribution in [-0.4, -0.2) is 262 Å². The number of benzene rings is 4. The van der Waals surface area contributed by atoms with Crippen molar-refractivity contribution < 1.29 is 141 Å². The van der Waals surface area contributed by atoms with Crippen LogP contribution in [0, 0.1) is 11.8 Å². The number of nitrogens with one attached hydrogen (secondary N) is 16. The molecule has 0 aliphatic carbocycles. The number of carbonyl (C=O) groups excluding carboxylic acids is 15. The number of aliphatic imine (C=N–C) groups is 2. The lowest BCUT2D eigenvalue weighted by Gasteiger charge is -2.27. The van der Waals surface area contributed by atoms with Crippen LogP contribution in [0.1, 0.15) is 140 Å². The molecular formula is C84H113F6N21O24S. The zero-order valence-electron chi connectivity index (χ0n) is 73.9. The van der Waals surface area contributed by atoms with E-state index >= 15 is 0 Å². The van der Waals surface area contributed by atoms with E-state index in [9.17, 15) is 131 Å². The van der Waals surface area contributed by atoms with Gasteiger partial charge in [0.25, 0.3) is 16.0 Å². The van der Waals surface area contributed by atoms with E-state index in [0.717, 1.165) is 6.42 Å². The highest BCUT2D eigenvalue weighted by atomic mass is 32.2. The number of guanidine groups is 2. The predicted octanol–water partition coefficient (Wildman–Crippen LogP) is -0.878. The Morgan fingerprint density at radius 2 is 0.978 bits per heavy atom. The Bertz CT molecular complexity index is 5050. The average molecular weight is 1950 g/mol. The maximum absolute atomic E-state index is 14.0. The summed E-state index contributed by atoms with van der Waals surface area (Å²) in [6.07, 6.45) is -10.4. The molecule has 2 aliphatic heterocycles. The molecule has 0 radical (unpaired) electrons. The van der Waals surface area contributed by atoms with E-state index < -0.39 is 227 Å². The Kier molecular flexibility index (Phi) is 46.6. The average Bonchev–Trinajstić information content (AvgIpc) is 0.947. The fourth-order valence-electron chi connectivity index (χ4n) is 12.4. The topological polar surface area (TPSA) is 685 Å². The molecule has 136 heavy (non-hydrogen) atoms. The van der Waals surface area contributed by atoms with E-state index in [4.69, 9.17) is 20.9 Å². The second-order valence-corrected chi connectivity index (χ2v) is 32.3. The molecule has 0 saturated carbocycles. The van der Waals surface area contributed by atoms with Crippen molar-refractivity contribution in [3.05, 3.63) is 119 Å². The number of carboxylic acids is 2. The number of carboxylic acid groups (broad SMARTS) is 2. The molecule has 0 unspecified atom stereocenters. The first-order valence-electron chi connectivity index (χ1n) is 42.0. The smallest absolute Gasteiger partial charge is 0.471 e. The minimum atomic E-state index is -5.25. The van der Waals surface area contributed by atoms with Gasteiger partial charge in [0.15, 0.2) is 11.9 Å². The first-order chi connectivity index (χ1) is 63.5. The number of rotatable bonds is 37. The Labute approximate surface area is 776 Å². The van der Waals surface area contributed by atoms with E-state index in [1.165, 1.54) is 66.4 Å². The van der Waals surface area contributed by atoms with Gasteiger partial charge in [0, 0.05) is 56.6 Å². The normalized spacial score (nSPS) is 19.0. The van der Waals surface area contributed by atoms with Crippen molar-refractivity contribution >= 4 is 134 Å². The molecule has 746 valence electrons. The monoisotopic (exact) mass is 1950 g/mol. The molecular weight excluding hydrogens is 1830 g/mol. The lowest BCUT2D eigenvalue weighted by atomic mass is 9.99. The zero-order chi connectivity index (χ0) is 100. The van der Waals surface area contributed by atoms with Crippen LogP contribution < -0.4 is 106 Å². The number of methoxy groups -OCH3 is 1. The van der Waals surface area contributed by atoms with Crippen LogP contribution in [0.3, 0.4) is 0 Å². The quantitative estimate of drug-likeness (QED) is 0.00651. The van der Waals surface area contributed by atoms with Gasteiger partial charge in [-0.05, 0) is 123 Å². The molecule has 0 spiro atoms. The lowest BCUT2D eigenvalue weighted by molar-refractivity contribution is -0.171. The second-order valence-electron chi connectivity index (χ2n) is 30.9. The van der Waals surface area contributed by atoms with Crippen LogP contribution in [-0.2, 0) is 99.7 Å². The zero-order valence-corrected chi connectivity index (χ0v) is 74.7. The molecule has 2 aliphatic rings. The van der Waals surface area contributed by atoms with Gasteiger partial charge in [-0.1, -0.05) is 90.9 Å². The summed E-state index contributed by atoms with van der Waals surface area (Å²) in [7, 11) is -3.04. The van der Waals surface area contributed by atoms with Gasteiger partial charge in [-0.15, -0.1) is 0 Å². The number of anilines is 1. The van der Waals surface area contributed by atoms with E-state index in [-0.39, 0.29) is 101 Å². The number of halogens is 6. The third kappa shape index (κ3) is 40.8. The molecule has 15 amide bonds. The number of nitrogens with zero attached hydrogens (tertiary/aromatic N) is 3. The van der Waals surface area contributed by atoms with Crippen LogP contribution >= 0.6 is 0 Å². The van der Waals surface area contributed by atoms with Crippen molar-refractivity contribution in [1.29, 1.82) is 0 Å². The van der Waals surface area contributed by atoms with E-state index in [1.807, 2.05) is 6.92 Å². The molecule has 6 rings (SSSR count). The summed E-state index contributed by atoms with van der Waals surface area (Å²) in [5, 5.41) is 57.9. The number of amides is 15. The van der Waals surface area contributed by atoms with Crippen LogP contribution in [0.4, 0.5) is 32.0 Å². The van der Waals surface area contributed by atoms with Crippen LogP contribution in [0.5, 0.6) is 11.5 Å². The summed E-state index contributed by atoms with van der Waals surface area (Å²) < 4.78 is 119. The molecule has 45 nitrogen and oxygen atoms in total. The molecule has 2 fully saturated rings. The van der Waals surface area contributed by atoms with Gasteiger partial charge in [0.2, 0.25) is 70.9 Å². The standard InChI is InChI=1S/C54H70F3N13O15S.C29H39F3N8O9.CH4/c1-4-5-23-60-47(76)38(65-46(75)33-15-17-35(18-16-33)70-63-29-34-10-6-7-12-41(34)86(82,83)84)21-22-42(71)59-25-9-26-85-36-19-13-32(14-20-36)27-39-50(79)68-45(31(2)3)51(80)66-37(11-8-24-61-53(58)69-52(81)54(55,56)57)48(77)62-30-43(72)64-40(28-44(73)74)49(78)67-39;1-14(2)22-26(47)37-17(5-4-10-34-28(33)40-27(48)29(30,31)32)23(44)35-13-20(41)36-19(12-21(42)43)24(45)38-18(25(46)39-22)11-15-6-8-16(49-3)9-7-15;/h6-7,10,12-20,29,31,37-40,45,70H,4-5,8-9,11,21-28,30H2,1-3H3,(H,59,71)(H,60,76)(H,62,77)(H,64,72)(H,65,75)(H,66,80)(H,67,78)(H,68,79)(H,73,74)(H,82,83,84)(H3,58,61,69,81);6-9,14,17-19,22H,4-5,10-13H2,1-3H3,(H,35,44)(H,36,41)(H,37,47)(H,38,45)(H,39,46)(H,42,43)(H3,33,34,40,48);1H4/b63-29+;;/t37-,38-,39+,40-,45-;17-,18+,19-,22-;/m00./s1. The van der Waals surface area contributed by atoms with Crippen molar-refractivity contribution in [2.45, 2.75) is 197 Å². The van der Waals surface area contributed by atoms with Crippen molar-refractivity contribution in [3.63, 3.8) is 0 Å². The summed E-state index contributed by atoms with van der Waals surface area (Å²) in [6, 6.07) is 11.6. The highest BCUT2D eigenvalue weighted by molar-refractivity contribution is 7.86. The SMILES string of the molecule is C.CCCCNC(=O)[C@H](CCC(=O)NCCCOc1ccc(C[C@H]2NC(=O)[C@H](CC(=O)O)NC(=O)CNC(=O)[C@H](CCCN=C(N)NC(=O)C(F)(F)F)NC(=O)[C@H](C(C)C)NC2=O)cc1)NC(=O)c1ccc(N/N=C/c2ccccc2S(=O)(=O)O)cc1.COc1ccc(C[C@H]2NC(=O)[C@H](CC(=O)O)NC(=O)CNC(=O)[C@H](CCCN=C(N)NC(=O)C(F)(F)F)NC(=O)[C@H](C(C)C)NC2=O)cc1. The molecule has 4 aromatic carbocycles. The Morgan fingerprint density at radius 1 is 0.544 bits per heavy atom. The van der Waals surface area contributed by atoms with Gasteiger partial charge in [0.1, 0.15) is 70.8 Å². The number of nitrogens with two attached hydrogens (primary N) is 2. The first kappa shape index (κ1) is 114. The highest BCUT2D eigenvalue weighted by Gasteiger charge is 2.42. The second kappa shape index (κ2) is 55.8. The molecule has 0 aromatic heterocycles.